The van der Waals surface area contributed by atoms with Crippen molar-refractivity contribution in [3.8, 4) is 5.75 Å². The molecule has 3 nitrogen and oxygen atoms in total. The monoisotopic (exact) mass is 218 g/mol. The van der Waals surface area contributed by atoms with Crippen molar-refractivity contribution in [3.05, 3.63) is 24.5 Å². The largest absolute Gasteiger partial charge is 0.488 e. The molecule has 0 bridgehead atoms. The molecule has 2 atom stereocenters. The lowest BCUT2D eigenvalue weighted by Crippen LogP contribution is -2.62. The van der Waals surface area contributed by atoms with E-state index in [1.54, 1.807) is 12.4 Å². The average molecular weight is 218 g/mol. The van der Waals surface area contributed by atoms with Crippen molar-refractivity contribution in [2.75, 3.05) is 0 Å². The van der Waals surface area contributed by atoms with Crippen molar-refractivity contribution < 1.29 is 4.74 Å². The Morgan fingerprint density at radius 2 is 2.19 bits per heavy atom. The van der Waals surface area contributed by atoms with Gasteiger partial charge in [0.1, 0.15) is 11.9 Å². The number of hydrogen-bond donors (Lipinski definition) is 1. The zero-order valence-electron chi connectivity index (χ0n) is 9.43. The Morgan fingerprint density at radius 3 is 2.81 bits per heavy atom. The molecule has 0 aromatic carbocycles. The Balaban J connectivity index is 1.73. The number of aromatic nitrogens is 1. The smallest absolute Gasteiger partial charge is 0.138 e. The van der Waals surface area contributed by atoms with Crippen LogP contribution in [0.25, 0.3) is 0 Å². The number of pyridine rings is 1. The molecule has 2 N–H and O–H groups in total. The van der Waals surface area contributed by atoms with Crippen LogP contribution in [0.4, 0.5) is 0 Å². The highest BCUT2D eigenvalue weighted by Gasteiger charge is 2.56. The van der Waals surface area contributed by atoms with Crippen molar-refractivity contribution in [2.24, 2.45) is 11.1 Å². The molecule has 3 heteroatoms. The summed E-state index contributed by atoms with van der Waals surface area (Å²) in [5, 5.41) is 0. The molecule has 2 fully saturated rings. The van der Waals surface area contributed by atoms with Crippen molar-refractivity contribution >= 4 is 0 Å². The molecule has 1 aromatic heterocycles. The average Bonchev–Trinajstić information content (AvgIpc) is 2.82. The van der Waals surface area contributed by atoms with E-state index >= 15 is 0 Å². The first-order valence-electron chi connectivity index (χ1n) is 6.13. The van der Waals surface area contributed by atoms with Gasteiger partial charge in [0, 0.05) is 24.1 Å². The fraction of sp³-hybridized carbons (Fsp3) is 0.615. The molecule has 3 rings (SSSR count). The molecule has 86 valence electrons. The van der Waals surface area contributed by atoms with Gasteiger partial charge in [-0.15, -0.1) is 0 Å². The first kappa shape index (κ1) is 10.1. The topological polar surface area (TPSA) is 48.1 Å². The number of nitrogens with two attached hydrogens (primary N) is 1. The maximum atomic E-state index is 6.17. The summed E-state index contributed by atoms with van der Waals surface area (Å²) in [6.45, 7) is 0. The maximum absolute atomic E-state index is 6.17. The summed E-state index contributed by atoms with van der Waals surface area (Å²) in [6.07, 6.45) is 9.94. The standard InChI is InChI=1S/C13H18N2O/c14-11-8-12(13(11)5-1-2-6-13)16-10-4-3-7-15-9-10/h3-4,7,9,11-12H,1-2,5-6,8,14H2. The van der Waals surface area contributed by atoms with E-state index in [1.807, 2.05) is 12.1 Å². The molecule has 2 aliphatic rings. The van der Waals surface area contributed by atoms with Gasteiger partial charge >= 0.3 is 0 Å². The quantitative estimate of drug-likeness (QED) is 0.827. The highest BCUT2D eigenvalue weighted by atomic mass is 16.5. The number of rotatable bonds is 2. The van der Waals surface area contributed by atoms with Gasteiger partial charge in [0.25, 0.3) is 0 Å². The Bertz CT molecular complexity index is 359. The Labute approximate surface area is 96.0 Å². The number of nitrogens with zero attached hydrogens (tertiary/aromatic N) is 1. The van der Waals surface area contributed by atoms with Crippen molar-refractivity contribution in [1.29, 1.82) is 0 Å². The van der Waals surface area contributed by atoms with Gasteiger partial charge in [0.05, 0.1) is 6.20 Å². The lowest BCUT2D eigenvalue weighted by atomic mass is 9.61. The molecule has 2 saturated carbocycles. The molecule has 0 saturated heterocycles. The van der Waals surface area contributed by atoms with Crippen LogP contribution in [0.2, 0.25) is 0 Å². The Morgan fingerprint density at radius 1 is 1.38 bits per heavy atom. The summed E-state index contributed by atoms with van der Waals surface area (Å²) in [7, 11) is 0. The van der Waals surface area contributed by atoms with E-state index in [4.69, 9.17) is 10.5 Å². The van der Waals surface area contributed by atoms with Crippen LogP contribution in [0.3, 0.4) is 0 Å². The lowest BCUT2D eigenvalue weighted by molar-refractivity contribution is -0.0621. The van der Waals surface area contributed by atoms with E-state index in [9.17, 15) is 0 Å². The highest BCUT2D eigenvalue weighted by Crippen LogP contribution is 2.53. The van der Waals surface area contributed by atoms with Crippen LogP contribution in [0.15, 0.2) is 24.5 Å². The molecule has 1 spiro atoms. The second-order valence-electron chi connectivity index (χ2n) is 5.08. The van der Waals surface area contributed by atoms with Crippen LogP contribution < -0.4 is 10.5 Å². The van der Waals surface area contributed by atoms with Crippen LogP contribution in [0.5, 0.6) is 5.75 Å². The molecule has 1 heterocycles. The molecule has 16 heavy (non-hydrogen) atoms. The summed E-state index contributed by atoms with van der Waals surface area (Å²) in [5.41, 5.74) is 6.44. The third kappa shape index (κ3) is 1.42. The van der Waals surface area contributed by atoms with Gasteiger partial charge in [-0.2, -0.15) is 0 Å². The SMILES string of the molecule is NC1CC(Oc2cccnc2)C12CCCC2. The summed E-state index contributed by atoms with van der Waals surface area (Å²) in [6, 6.07) is 4.23. The van der Waals surface area contributed by atoms with Gasteiger partial charge in [-0.1, -0.05) is 12.8 Å². The molecule has 2 unspecified atom stereocenters. The van der Waals surface area contributed by atoms with Gasteiger partial charge in [-0.3, -0.25) is 4.98 Å². The van der Waals surface area contributed by atoms with Crippen LogP contribution in [0.1, 0.15) is 32.1 Å². The first-order valence-corrected chi connectivity index (χ1v) is 6.13. The summed E-state index contributed by atoms with van der Waals surface area (Å²) >= 11 is 0. The van der Waals surface area contributed by atoms with Crippen LogP contribution in [-0.4, -0.2) is 17.1 Å². The molecule has 1 aromatic rings. The third-order valence-corrected chi connectivity index (χ3v) is 4.29. The van der Waals surface area contributed by atoms with E-state index in [1.165, 1.54) is 25.7 Å². The second-order valence-corrected chi connectivity index (χ2v) is 5.08. The minimum Gasteiger partial charge on any atom is -0.488 e. The van der Waals surface area contributed by atoms with Gasteiger partial charge in [0.15, 0.2) is 0 Å². The van der Waals surface area contributed by atoms with Crippen molar-refractivity contribution in [1.82, 2.24) is 4.98 Å². The van der Waals surface area contributed by atoms with Crippen LogP contribution in [0, 0.1) is 5.41 Å². The second kappa shape index (κ2) is 3.74. The molecule has 0 aliphatic heterocycles. The maximum Gasteiger partial charge on any atom is 0.138 e. The normalized spacial score (nSPS) is 31.3. The first-order chi connectivity index (χ1) is 7.81. The van der Waals surface area contributed by atoms with E-state index in [0.717, 1.165) is 12.2 Å². The van der Waals surface area contributed by atoms with E-state index in [-0.39, 0.29) is 5.41 Å². The number of hydrogen-bond acceptors (Lipinski definition) is 3. The fourth-order valence-electron chi connectivity index (χ4n) is 3.25. The molecule has 0 radical (unpaired) electrons. The number of ether oxygens (including phenoxy) is 1. The summed E-state index contributed by atoms with van der Waals surface area (Å²) in [5.74, 6) is 0.880. The Hall–Kier alpha value is -1.09. The minimum atomic E-state index is 0.274. The van der Waals surface area contributed by atoms with E-state index in [0.29, 0.717) is 12.1 Å². The van der Waals surface area contributed by atoms with Gasteiger partial charge in [-0.05, 0) is 25.0 Å². The fourth-order valence-corrected chi connectivity index (χ4v) is 3.25. The lowest BCUT2D eigenvalue weighted by Gasteiger charge is -2.52. The predicted octanol–water partition coefficient (Wildman–Crippen LogP) is 2.12. The molecular weight excluding hydrogens is 200 g/mol. The van der Waals surface area contributed by atoms with Gasteiger partial charge in [0.2, 0.25) is 0 Å². The van der Waals surface area contributed by atoms with Crippen LogP contribution in [-0.2, 0) is 0 Å². The summed E-state index contributed by atoms with van der Waals surface area (Å²) in [4.78, 5) is 4.07. The predicted molar refractivity (Wildman–Crippen MR) is 62.1 cm³/mol. The van der Waals surface area contributed by atoms with Gasteiger partial charge < -0.3 is 10.5 Å². The van der Waals surface area contributed by atoms with Crippen molar-refractivity contribution in [3.63, 3.8) is 0 Å². The molecule has 0 amide bonds. The van der Waals surface area contributed by atoms with E-state index in [2.05, 4.69) is 4.98 Å². The van der Waals surface area contributed by atoms with Crippen LogP contribution >= 0.6 is 0 Å². The highest BCUT2D eigenvalue weighted by molar-refractivity contribution is 5.19. The summed E-state index contributed by atoms with van der Waals surface area (Å²) < 4.78 is 6.02. The zero-order valence-corrected chi connectivity index (χ0v) is 9.43. The molecular formula is C13H18N2O. The molecule has 2 aliphatic carbocycles. The van der Waals surface area contributed by atoms with Crippen molar-refractivity contribution in [2.45, 2.75) is 44.2 Å². The minimum absolute atomic E-state index is 0.274. The van der Waals surface area contributed by atoms with E-state index < -0.39 is 0 Å². The third-order valence-electron chi connectivity index (χ3n) is 4.29. The van der Waals surface area contributed by atoms with Gasteiger partial charge in [-0.25, -0.2) is 0 Å². The Kier molecular flexibility index (Phi) is 2.36. The zero-order chi connectivity index (χ0) is 11.0.